The average molecular weight is 283 g/mol. The van der Waals surface area contributed by atoms with E-state index in [1.165, 1.54) is 6.07 Å². The van der Waals surface area contributed by atoms with Gasteiger partial charge in [-0.05, 0) is 31.5 Å². The third kappa shape index (κ3) is 2.28. The van der Waals surface area contributed by atoms with Crippen LogP contribution in [0.1, 0.15) is 17.0 Å². The fourth-order valence-electron chi connectivity index (χ4n) is 1.75. The summed E-state index contributed by atoms with van der Waals surface area (Å²) >= 11 is 11.8. The molecule has 0 saturated carbocycles. The van der Waals surface area contributed by atoms with Gasteiger partial charge in [0.25, 0.3) is 0 Å². The van der Waals surface area contributed by atoms with E-state index in [-0.39, 0.29) is 11.3 Å². The molecular formula is C13H12Cl2N2O. The third-order valence-corrected chi connectivity index (χ3v) is 3.44. The van der Waals surface area contributed by atoms with Gasteiger partial charge in [-0.1, -0.05) is 17.7 Å². The van der Waals surface area contributed by atoms with Gasteiger partial charge < -0.3 is 0 Å². The molecule has 0 fully saturated rings. The van der Waals surface area contributed by atoms with E-state index in [1.807, 2.05) is 32.0 Å². The lowest BCUT2D eigenvalue weighted by Crippen LogP contribution is -2.18. The molecule has 1 heterocycles. The molecule has 18 heavy (non-hydrogen) atoms. The lowest BCUT2D eigenvalue weighted by Gasteiger charge is -2.13. The van der Waals surface area contributed by atoms with E-state index in [9.17, 15) is 4.79 Å². The molecule has 0 N–H and O–H groups in total. The van der Waals surface area contributed by atoms with E-state index in [4.69, 9.17) is 23.2 Å². The molecule has 1 aromatic carbocycles. The molecule has 0 saturated heterocycles. The molecule has 2 aromatic rings. The first-order chi connectivity index (χ1) is 8.54. The van der Waals surface area contributed by atoms with Crippen LogP contribution in [0, 0.1) is 13.8 Å². The van der Waals surface area contributed by atoms with Gasteiger partial charge >= 0.3 is 0 Å². The summed E-state index contributed by atoms with van der Waals surface area (Å²) in [6, 6.07) is 7.11. The Morgan fingerprint density at radius 2 is 2.06 bits per heavy atom. The maximum atomic E-state index is 11.6. The van der Waals surface area contributed by atoms with E-state index in [0.717, 1.165) is 16.9 Å². The standard InChI is InChI=1S/C13H12Cl2N2O/c1-8-6-13(18)11(7-14)16-17(8)12-5-3-4-10(15)9(12)2/h3-6H,7H2,1-2H3. The van der Waals surface area contributed by atoms with Gasteiger partial charge in [-0.2, -0.15) is 5.10 Å². The predicted octanol–water partition coefficient (Wildman–Crippen LogP) is 3.24. The molecule has 0 atom stereocenters. The first kappa shape index (κ1) is 13.1. The summed E-state index contributed by atoms with van der Waals surface area (Å²) in [5.41, 5.74) is 2.71. The minimum atomic E-state index is -0.140. The lowest BCUT2D eigenvalue weighted by molar-refractivity contribution is 0.768. The molecule has 5 heteroatoms. The summed E-state index contributed by atoms with van der Waals surface area (Å²) in [5.74, 6) is 0.0960. The molecule has 0 bridgehead atoms. The van der Waals surface area contributed by atoms with Crippen molar-refractivity contribution < 1.29 is 0 Å². The zero-order chi connectivity index (χ0) is 13.3. The molecule has 0 radical (unpaired) electrons. The monoisotopic (exact) mass is 282 g/mol. The highest BCUT2D eigenvalue weighted by Crippen LogP contribution is 2.22. The number of benzene rings is 1. The summed E-state index contributed by atoms with van der Waals surface area (Å²) in [7, 11) is 0. The highest BCUT2D eigenvalue weighted by Gasteiger charge is 2.09. The molecule has 0 aliphatic heterocycles. The van der Waals surface area contributed by atoms with Gasteiger partial charge in [0.2, 0.25) is 5.43 Å². The first-order valence-electron chi connectivity index (χ1n) is 5.46. The fraction of sp³-hybridized carbons (Fsp3) is 0.231. The predicted molar refractivity (Wildman–Crippen MR) is 73.9 cm³/mol. The SMILES string of the molecule is Cc1c(Cl)cccc1-n1nc(CCl)c(=O)cc1C. The Morgan fingerprint density at radius 3 is 2.72 bits per heavy atom. The van der Waals surface area contributed by atoms with Crippen molar-refractivity contribution in [2.45, 2.75) is 19.7 Å². The fourth-order valence-corrected chi connectivity index (χ4v) is 2.10. The smallest absolute Gasteiger partial charge is 0.204 e. The van der Waals surface area contributed by atoms with Gasteiger partial charge in [-0.25, -0.2) is 4.68 Å². The van der Waals surface area contributed by atoms with Gasteiger partial charge in [-0.15, -0.1) is 11.6 Å². The van der Waals surface area contributed by atoms with Gasteiger partial charge in [0.15, 0.2) is 0 Å². The molecular weight excluding hydrogens is 271 g/mol. The molecule has 3 nitrogen and oxygen atoms in total. The number of hydrogen-bond donors (Lipinski definition) is 0. The number of nitrogens with zero attached hydrogens (tertiary/aromatic N) is 2. The van der Waals surface area contributed by atoms with Crippen molar-refractivity contribution in [1.29, 1.82) is 0 Å². The highest BCUT2D eigenvalue weighted by molar-refractivity contribution is 6.31. The van der Waals surface area contributed by atoms with Crippen molar-refractivity contribution in [3.63, 3.8) is 0 Å². The minimum absolute atomic E-state index is 0.0960. The Morgan fingerprint density at radius 1 is 1.33 bits per heavy atom. The second kappa shape index (κ2) is 5.12. The molecule has 0 unspecified atom stereocenters. The average Bonchev–Trinajstić information content (AvgIpc) is 2.34. The van der Waals surface area contributed by atoms with E-state index < -0.39 is 0 Å². The number of hydrogen-bond acceptors (Lipinski definition) is 2. The summed E-state index contributed by atoms with van der Waals surface area (Å²) < 4.78 is 1.69. The van der Waals surface area contributed by atoms with Crippen molar-refractivity contribution in [3.05, 3.63) is 56.5 Å². The lowest BCUT2D eigenvalue weighted by atomic mass is 10.2. The van der Waals surface area contributed by atoms with Crippen LogP contribution in [0.15, 0.2) is 29.1 Å². The molecule has 2 rings (SSSR count). The Balaban J connectivity index is 2.71. The van der Waals surface area contributed by atoms with Crippen molar-refractivity contribution in [3.8, 4) is 5.69 Å². The summed E-state index contributed by atoms with van der Waals surface area (Å²) in [6.45, 7) is 3.74. The van der Waals surface area contributed by atoms with Gasteiger partial charge in [-0.3, -0.25) is 4.79 Å². The summed E-state index contributed by atoms with van der Waals surface area (Å²) in [4.78, 5) is 11.6. The molecule has 0 aliphatic rings. The van der Waals surface area contributed by atoms with E-state index in [1.54, 1.807) is 4.68 Å². The number of halogens is 2. The van der Waals surface area contributed by atoms with Crippen LogP contribution in [-0.2, 0) is 5.88 Å². The zero-order valence-electron chi connectivity index (χ0n) is 10.1. The minimum Gasteiger partial charge on any atom is -0.288 e. The van der Waals surface area contributed by atoms with Crippen LogP contribution in [0.5, 0.6) is 0 Å². The molecule has 0 amide bonds. The Bertz CT molecular complexity index is 650. The van der Waals surface area contributed by atoms with Crippen LogP contribution in [0.3, 0.4) is 0 Å². The van der Waals surface area contributed by atoms with Crippen LogP contribution in [-0.4, -0.2) is 9.78 Å². The Labute approximate surface area is 115 Å². The van der Waals surface area contributed by atoms with Crippen molar-refractivity contribution in [2.24, 2.45) is 0 Å². The van der Waals surface area contributed by atoms with Crippen LogP contribution >= 0.6 is 23.2 Å². The number of rotatable bonds is 2. The Kier molecular flexibility index (Phi) is 3.73. The molecule has 0 spiro atoms. The number of aromatic nitrogens is 2. The maximum Gasteiger partial charge on any atom is 0.204 e. The van der Waals surface area contributed by atoms with Crippen LogP contribution < -0.4 is 5.43 Å². The van der Waals surface area contributed by atoms with E-state index in [2.05, 4.69) is 5.10 Å². The van der Waals surface area contributed by atoms with Crippen molar-refractivity contribution in [1.82, 2.24) is 9.78 Å². The second-order valence-electron chi connectivity index (χ2n) is 4.03. The second-order valence-corrected chi connectivity index (χ2v) is 4.70. The molecule has 1 aromatic heterocycles. The molecule has 94 valence electrons. The van der Waals surface area contributed by atoms with Gasteiger partial charge in [0.05, 0.1) is 11.6 Å². The van der Waals surface area contributed by atoms with Crippen LogP contribution in [0.2, 0.25) is 5.02 Å². The van der Waals surface area contributed by atoms with Gasteiger partial charge in [0.1, 0.15) is 5.69 Å². The van der Waals surface area contributed by atoms with Crippen molar-refractivity contribution >= 4 is 23.2 Å². The quantitative estimate of drug-likeness (QED) is 0.793. The maximum absolute atomic E-state index is 11.6. The summed E-state index contributed by atoms with van der Waals surface area (Å²) in [5, 5.41) is 4.94. The summed E-state index contributed by atoms with van der Waals surface area (Å²) in [6.07, 6.45) is 0. The number of alkyl halides is 1. The zero-order valence-corrected chi connectivity index (χ0v) is 11.6. The highest BCUT2D eigenvalue weighted by atomic mass is 35.5. The largest absolute Gasteiger partial charge is 0.288 e. The third-order valence-electron chi connectivity index (χ3n) is 2.77. The normalized spacial score (nSPS) is 10.7. The molecule has 0 aliphatic carbocycles. The van der Waals surface area contributed by atoms with E-state index in [0.29, 0.717) is 10.7 Å². The van der Waals surface area contributed by atoms with E-state index >= 15 is 0 Å². The topological polar surface area (TPSA) is 34.9 Å². The van der Waals surface area contributed by atoms with Crippen molar-refractivity contribution in [2.75, 3.05) is 0 Å². The van der Waals surface area contributed by atoms with Gasteiger partial charge in [0, 0.05) is 16.8 Å². The van der Waals surface area contributed by atoms with Crippen LogP contribution in [0.25, 0.3) is 5.69 Å². The number of aryl methyl sites for hydroxylation is 1. The Hall–Kier alpha value is -1.32. The first-order valence-corrected chi connectivity index (χ1v) is 6.37. The van der Waals surface area contributed by atoms with Crippen LogP contribution in [0.4, 0.5) is 0 Å².